The van der Waals surface area contributed by atoms with Crippen molar-refractivity contribution in [2.45, 2.75) is 30.6 Å². The van der Waals surface area contributed by atoms with Gasteiger partial charge in [-0.2, -0.15) is 0 Å². The summed E-state index contributed by atoms with van der Waals surface area (Å²) in [7, 11) is -3.38. The smallest absolute Gasteiger partial charge is 0.238 e. The molecule has 0 spiro atoms. The summed E-state index contributed by atoms with van der Waals surface area (Å²) in [5.74, 6) is 0.532. The molecule has 5 nitrogen and oxygen atoms in total. The van der Waals surface area contributed by atoms with Crippen LogP contribution in [0.2, 0.25) is 0 Å². The number of amides is 1. The maximum Gasteiger partial charge on any atom is 0.238 e. The number of piperidine rings is 1. The molecule has 0 unspecified atom stereocenters. The molecular weight excluding hydrogens is 372 g/mol. The Balaban J connectivity index is 1.45. The summed E-state index contributed by atoms with van der Waals surface area (Å²) in [5, 5.41) is 2.76. The molecule has 1 aliphatic heterocycles. The molecule has 1 aliphatic rings. The highest BCUT2D eigenvalue weighted by atomic mass is 32.2. The van der Waals surface area contributed by atoms with Crippen LogP contribution in [0.3, 0.4) is 0 Å². The number of hydrogen-bond donors (Lipinski definition) is 1. The number of aryl methyl sites for hydroxylation is 1. The van der Waals surface area contributed by atoms with E-state index in [-0.39, 0.29) is 10.8 Å². The fraction of sp³-hybridized carbons (Fsp3) is 0.409. The highest BCUT2D eigenvalue weighted by Crippen LogP contribution is 2.23. The quantitative estimate of drug-likeness (QED) is 0.774. The van der Waals surface area contributed by atoms with E-state index in [1.165, 1.54) is 18.1 Å². The number of hydrogen-bond acceptors (Lipinski definition) is 4. The first-order valence-corrected chi connectivity index (χ1v) is 11.7. The third-order valence-corrected chi connectivity index (χ3v) is 6.47. The number of para-hydroxylation sites is 1. The van der Waals surface area contributed by atoms with E-state index < -0.39 is 9.84 Å². The predicted octanol–water partition coefficient (Wildman–Crippen LogP) is 3.37. The highest BCUT2D eigenvalue weighted by molar-refractivity contribution is 7.90. The minimum atomic E-state index is -3.38. The van der Waals surface area contributed by atoms with Crippen molar-refractivity contribution in [1.82, 2.24) is 4.90 Å². The molecule has 1 amide bonds. The van der Waals surface area contributed by atoms with Crippen LogP contribution in [-0.4, -0.2) is 45.1 Å². The van der Waals surface area contributed by atoms with Crippen molar-refractivity contribution in [3.63, 3.8) is 0 Å². The van der Waals surface area contributed by atoms with Crippen LogP contribution in [0.4, 0.5) is 5.69 Å². The molecule has 2 aromatic rings. The molecule has 0 aliphatic carbocycles. The highest BCUT2D eigenvalue weighted by Gasteiger charge is 2.21. The van der Waals surface area contributed by atoms with Crippen LogP contribution in [-0.2, 0) is 21.1 Å². The monoisotopic (exact) mass is 400 g/mol. The van der Waals surface area contributed by atoms with Gasteiger partial charge in [-0.05, 0) is 62.4 Å². The van der Waals surface area contributed by atoms with E-state index in [0.29, 0.717) is 18.2 Å². The van der Waals surface area contributed by atoms with Gasteiger partial charge in [0.25, 0.3) is 0 Å². The number of nitrogens with zero attached hydrogens (tertiary/aromatic N) is 1. The second-order valence-electron chi connectivity index (χ2n) is 7.56. The minimum Gasteiger partial charge on any atom is -0.324 e. The topological polar surface area (TPSA) is 66.5 Å². The van der Waals surface area contributed by atoms with Crippen LogP contribution in [0.25, 0.3) is 0 Å². The van der Waals surface area contributed by atoms with Gasteiger partial charge >= 0.3 is 0 Å². The maximum absolute atomic E-state index is 12.4. The predicted molar refractivity (Wildman–Crippen MR) is 112 cm³/mol. The summed E-state index contributed by atoms with van der Waals surface area (Å²) in [6.07, 6.45) is 5.64. The van der Waals surface area contributed by atoms with Crippen molar-refractivity contribution < 1.29 is 13.2 Å². The van der Waals surface area contributed by atoms with E-state index in [0.717, 1.165) is 38.6 Å². The number of carbonyl (C=O) groups excluding carboxylic acids is 1. The fourth-order valence-corrected chi connectivity index (χ4v) is 4.58. The van der Waals surface area contributed by atoms with Crippen molar-refractivity contribution in [3.8, 4) is 0 Å². The molecule has 1 fully saturated rings. The van der Waals surface area contributed by atoms with Gasteiger partial charge < -0.3 is 5.32 Å². The second-order valence-corrected chi connectivity index (χ2v) is 9.54. The number of benzene rings is 2. The molecule has 0 saturated carbocycles. The zero-order valence-electron chi connectivity index (χ0n) is 16.3. The van der Waals surface area contributed by atoms with Gasteiger partial charge in [0.15, 0.2) is 9.84 Å². The van der Waals surface area contributed by atoms with Gasteiger partial charge in [-0.25, -0.2) is 8.42 Å². The van der Waals surface area contributed by atoms with Crippen molar-refractivity contribution in [3.05, 3.63) is 60.2 Å². The van der Waals surface area contributed by atoms with Crippen LogP contribution in [0.1, 0.15) is 24.8 Å². The Labute approximate surface area is 167 Å². The Kier molecular flexibility index (Phi) is 6.86. The normalized spacial score (nSPS) is 16.0. The van der Waals surface area contributed by atoms with Crippen LogP contribution >= 0.6 is 0 Å². The van der Waals surface area contributed by atoms with Gasteiger partial charge in [-0.15, -0.1) is 0 Å². The molecule has 0 bridgehead atoms. The molecule has 1 saturated heterocycles. The van der Waals surface area contributed by atoms with E-state index in [1.807, 2.05) is 6.07 Å². The first kappa shape index (κ1) is 20.6. The Bertz CT molecular complexity index is 889. The molecule has 1 heterocycles. The molecule has 2 aromatic carbocycles. The lowest BCUT2D eigenvalue weighted by Crippen LogP contribution is -2.39. The third kappa shape index (κ3) is 5.91. The Morgan fingerprint density at radius 3 is 2.36 bits per heavy atom. The van der Waals surface area contributed by atoms with Crippen LogP contribution in [0.5, 0.6) is 0 Å². The molecule has 150 valence electrons. The standard InChI is InChI=1S/C22H28N2O3S/c1-28(26,27)21-10-6-5-9-20(21)23-22(25)17-24-15-13-19(14-16-24)12-11-18-7-3-2-4-8-18/h2-10,19H,11-17H2,1H3,(H,23,25). The summed E-state index contributed by atoms with van der Waals surface area (Å²) >= 11 is 0. The molecule has 28 heavy (non-hydrogen) atoms. The van der Waals surface area contributed by atoms with Crippen LogP contribution < -0.4 is 5.32 Å². The maximum atomic E-state index is 12.4. The first-order valence-electron chi connectivity index (χ1n) is 9.77. The number of nitrogens with one attached hydrogen (secondary N) is 1. The zero-order valence-corrected chi connectivity index (χ0v) is 17.1. The van der Waals surface area contributed by atoms with E-state index in [4.69, 9.17) is 0 Å². The van der Waals surface area contributed by atoms with E-state index in [9.17, 15) is 13.2 Å². The van der Waals surface area contributed by atoms with Gasteiger partial charge in [0, 0.05) is 6.26 Å². The largest absolute Gasteiger partial charge is 0.324 e. The molecule has 1 N–H and O–H groups in total. The number of sulfone groups is 1. The Morgan fingerprint density at radius 1 is 1.04 bits per heavy atom. The summed E-state index contributed by atoms with van der Waals surface area (Å²) in [4.78, 5) is 14.7. The van der Waals surface area contributed by atoms with Crippen molar-refractivity contribution in [1.29, 1.82) is 0 Å². The lowest BCUT2D eigenvalue weighted by Gasteiger charge is -2.31. The third-order valence-electron chi connectivity index (χ3n) is 5.32. The van der Waals surface area contributed by atoms with Gasteiger partial charge in [0.2, 0.25) is 5.91 Å². The van der Waals surface area contributed by atoms with Crippen molar-refractivity contribution >= 4 is 21.4 Å². The first-order chi connectivity index (χ1) is 13.4. The van der Waals surface area contributed by atoms with Crippen LogP contribution in [0, 0.1) is 5.92 Å². The average Bonchev–Trinajstić information content (AvgIpc) is 2.68. The van der Waals surface area contributed by atoms with Crippen LogP contribution in [0.15, 0.2) is 59.5 Å². The van der Waals surface area contributed by atoms with Crippen molar-refractivity contribution in [2.75, 3.05) is 31.2 Å². The SMILES string of the molecule is CS(=O)(=O)c1ccccc1NC(=O)CN1CCC(CCc2ccccc2)CC1. The number of rotatable bonds is 7. The molecule has 0 atom stereocenters. The number of carbonyl (C=O) groups is 1. The van der Waals surface area contributed by atoms with Gasteiger partial charge in [-0.1, -0.05) is 42.5 Å². The lowest BCUT2D eigenvalue weighted by molar-refractivity contribution is -0.117. The Hall–Kier alpha value is -2.18. The van der Waals surface area contributed by atoms with Gasteiger partial charge in [0.1, 0.15) is 0 Å². The summed E-state index contributed by atoms with van der Waals surface area (Å²) in [6, 6.07) is 17.1. The summed E-state index contributed by atoms with van der Waals surface area (Å²) in [5.41, 5.74) is 1.74. The lowest BCUT2D eigenvalue weighted by atomic mass is 9.90. The summed E-state index contributed by atoms with van der Waals surface area (Å²) < 4.78 is 23.7. The average molecular weight is 401 g/mol. The van der Waals surface area contributed by atoms with Gasteiger partial charge in [0.05, 0.1) is 17.1 Å². The van der Waals surface area contributed by atoms with Gasteiger partial charge in [-0.3, -0.25) is 9.69 Å². The molecule has 3 rings (SSSR count). The number of likely N-dealkylation sites (tertiary alicyclic amines) is 1. The second kappa shape index (κ2) is 9.34. The molecule has 0 aromatic heterocycles. The fourth-order valence-electron chi connectivity index (χ4n) is 3.73. The van der Waals surface area contributed by atoms with E-state index >= 15 is 0 Å². The van der Waals surface area contributed by atoms with Crippen molar-refractivity contribution in [2.24, 2.45) is 5.92 Å². The molecular formula is C22H28N2O3S. The number of anilines is 1. The molecule has 0 radical (unpaired) electrons. The zero-order chi connectivity index (χ0) is 20.0. The Morgan fingerprint density at radius 2 is 1.68 bits per heavy atom. The minimum absolute atomic E-state index is 0.156. The van der Waals surface area contributed by atoms with E-state index in [1.54, 1.807) is 18.2 Å². The summed E-state index contributed by atoms with van der Waals surface area (Å²) in [6.45, 7) is 2.10. The molecule has 6 heteroatoms. The van der Waals surface area contributed by atoms with E-state index in [2.05, 4.69) is 34.5 Å².